The zero-order valence-electron chi connectivity index (χ0n) is 25.5. The molecule has 4 aliphatic heterocycles. The van der Waals surface area contributed by atoms with Crippen molar-refractivity contribution in [1.82, 2.24) is 21.3 Å². The largest absolute Gasteiger partial charge is 0.490 e. The lowest BCUT2D eigenvalue weighted by Crippen LogP contribution is -2.52. The number of imide groups is 1. The SMILES string of the molecule is C.C.O=C1NC(=O)C2(CC(C3CCCCC3)Oc3ccc(Br)cc32)N1.O=C1NC(=S)NC12CC(C1CCCCC1)Oc1ccc(Br)cc12. The van der Waals surface area contributed by atoms with Gasteiger partial charge in [0, 0.05) is 32.9 Å². The van der Waals surface area contributed by atoms with Crippen LogP contribution in [0.3, 0.4) is 0 Å². The van der Waals surface area contributed by atoms with Crippen molar-refractivity contribution < 1.29 is 23.9 Å². The number of fused-ring (bicyclic) bond motifs is 4. The molecule has 260 valence electrons. The molecule has 2 spiro atoms. The summed E-state index contributed by atoms with van der Waals surface area (Å²) in [7, 11) is 0. The van der Waals surface area contributed by atoms with E-state index in [2.05, 4.69) is 53.1 Å². The molecule has 4 fully saturated rings. The maximum atomic E-state index is 12.7. The molecule has 0 aromatic heterocycles. The maximum absolute atomic E-state index is 12.7. The minimum atomic E-state index is -1.00. The number of hydrogen-bond donors (Lipinski definition) is 4. The number of nitrogens with one attached hydrogen (secondary N) is 4. The zero-order valence-corrected chi connectivity index (χ0v) is 29.5. The highest BCUT2D eigenvalue weighted by molar-refractivity contribution is 9.10. The Morgan fingerprint density at radius 3 is 1.48 bits per heavy atom. The lowest BCUT2D eigenvalue weighted by atomic mass is 9.75. The Balaban J connectivity index is 0.000000180. The lowest BCUT2D eigenvalue weighted by Gasteiger charge is -2.41. The second-order valence-corrected chi connectivity index (χ2v) is 15.7. The quantitative estimate of drug-likeness (QED) is 0.180. The van der Waals surface area contributed by atoms with E-state index in [0.717, 1.165) is 38.7 Å². The number of amides is 4. The van der Waals surface area contributed by atoms with Crippen LogP contribution in [0.15, 0.2) is 45.3 Å². The highest BCUT2D eigenvalue weighted by Crippen LogP contribution is 2.47. The van der Waals surface area contributed by atoms with Gasteiger partial charge >= 0.3 is 6.03 Å². The van der Waals surface area contributed by atoms with Gasteiger partial charge in [0.25, 0.3) is 11.8 Å². The monoisotopic (exact) mass is 804 g/mol. The molecule has 2 aliphatic carbocycles. The summed E-state index contributed by atoms with van der Waals surface area (Å²) in [5.41, 5.74) is -0.189. The molecule has 0 bridgehead atoms. The molecule has 4 N–H and O–H groups in total. The second-order valence-electron chi connectivity index (χ2n) is 13.4. The van der Waals surface area contributed by atoms with Crippen LogP contribution in [0, 0.1) is 11.8 Å². The first-order valence-corrected chi connectivity index (χ1v) is 18.4. The standard InChI is InChI=1S/C17H19BrN2O3.C17H19BrN2O2S.2CH4/c18-11-6-7-13-12(8-11)17(15(21)19-16(22)20-17)9-14(23-13)10-4-2-1-3-5-10;18-11-6-7-13-12(8-11)17(15(21)19-16(23)20-17)9-14(22-13)10-4-2-1-3-5-10;;/h6-8,10,14H,1-5,9H2,(H2,19,20,21,22);6-8,10,14H,1-5,9H2,(H2,19,20,21,23);2*1H4. The summed E-state index contributed by atoms with van der Waals surface area (Å²) in [4.78, 5) is 37.1. The Morgan fingerprint density at radius 1 is 0.646 bits per heavy atom. The molecule has 8 rings (SSSR count). The number of rotatable bonds is 2. The number of carbonyl (C=O) groups is 3. The molecule has 2 saturated heterocycles. The third-order valence-electron chi connectivity index (χ3n) is 10.6. The minimum Gasteiger partial charge on any atom is -0.490 e. The van der Waals surface area contributed by atoms with Gasteiger partial charge in [0.05, 0.1) is 0 Å². The third kappa shape index (κ3) is 6.73. The van der Waals surface area contributed by atoms with Gasteiger partial charge in [-0.05, 0) is 86.1 Å². The van der Waals surface area contributed by atoms with Crippen molar-refractivity contribution in [1.29, 1.82) is 0 Å². The predicted molar refractivity (Wildman–Crippen MR) is 197 cm³/mol. The van der Waals surface area contributed by atoms with Gasteiger partial charge in [0.15, 0.2) is 16.2 Å². The van der Waals surface area contributed by atoms with Gasteiger partial charge in [-0.1, -0.05) is 85.2 Å². The van der Waals surface area contributed by atoms with Crippen LogP contribution in [0.4, 0.5) is 4.79 Å². The number of halogens is 2. The molecule has 4 amide bonds. The smallest absolute Gasteiger partial charge is 0.322 e. The van der Waals surface area contributed by atoms with E-state index in [-0.39, 0.29) is 38.9 Å². The zero-order chi connectivity index (χ0) is 32.1. The molecule has 4 atom stereocenters. The summed E-state index contributed by atoms with van der Waals surface area (Å²) in [5.74, 6) is 2.12. The van der Waals surface area contributed by atoms with E-state index in [9.17, 15) is 14.4 Å². The molecule has 12 heteroatoms. The first-order chi connectivity index (χ1) is 22.2. The van der Waals surface area contributed by atoms with Crippen LogP contribution < -0.4 is 30.7 Å². The molecular weight excluding hydrogens is 760 g/mol. The first-order valence-electron chi connectivity index (χ1n) is 16.4. The molecule has 4 heterocycles. The lowest BCUT2D eigenvalue weighted by molar-refractivity contribution is -0.127. The topological polar surface area (TPSA) is 118 Å². The van der Waals surface area contributed by atoms with Crippen LogP contribution in [0.25, 0.3) is 0 Å². The fourth-order valence-corrected chi connectivity index (χ4v) is 9.29. The average Bonchev–Trinajstić information content (AvgIpc) is 3.50. The van der Waals surface area contributed by atoms with Gasteiger partial charge < -0.3 is 25.4 Å². The molecule has 9 nitrogen and oxygen atoms in total. The molecule has 2 aromatic rings. The Labute approximate surface area is 305 Å². The Kier molecular flexibility index (Phi) is 11.2. The van der Waals surface area contributed by atoms with E-state index in [0.29, 0.717) is 35.5 Å². The van der Waals surface area contributed by atoms with Gasteiger partial charge in [-0.3, -0.25) is 14.9 Å². The second kappa shape index (κ2) is 14.6. The summed E-state index contributed by atoms with van der Waals surface area (Å²) < 4.78 is 14.4. The van der Waals surface area contributed by atoms with Gasteiger partial charge in [0.2, 0.25) is 0 Å². The fraction of sp³-hybridized carbons (Fsp3) is 0.556. The van der Waals surface area contributed by atoms with E-state index in [1.54, 1.807) is 0 Å². The third-order valence-corrected chi connectivity index (χ3v) is 11.8. The fourth-order valence-electron chi connectivity index (χ4n) is 8.30. The van der Waals surface area contributed by atoms with E-state index in [1.165, 1.54) is 51.4 Å². The normalized spacial score (nSPS) is 29.3. The van der Waals surface area contributed by atoms with Crippen LogP contribution in [0.1, 0.15) is 103 Å². The van der Waals surface area contributed by atoms with E-state index in [4.69, 9.17) is 21.7 Å². The van der Waals surface area contributed by atoms with E-state index < -0.39 is 17.1 Å². The summed E-state index contributed by atoms with van der Waals surface area (Å²) in [6.07, 6.45) is 13.3. The number of ether oxygens (including phenoxy) is 2. The molecule has 4 unspecified atom stereocenters. The van der Waals surface area contributed by atoms with Crippen LogP contribution in [0.5, 0.6) is 11.5 Å². The van der Waals surface area contributed by atoms with Crippen molar-refractivity contribution in [3.05, 3.63) is 56.5 Å². The Hall–Kier alpha value is -2.70. The summed E-state index contributed by atoms with van der Waals surface area (Å²) in [6, 6.07) is 11.1. The maximum Gasteiger partial charge on any atom is 0.322 e. The molecule has 2 saturated carbocycles. The number of hydrogen-bond acceptors (Lipinski definition) is 6. The van der Waals surface area contributed by atoms with Crippen LogP contribution >= 0.6 is 44.1 Å². The first kappa shape index (κ1) is 36.6. The van der Waals surface area contributed by atoms with Crippen LogP contribution in [-0.2, 0) is 20.7 Å². The van der Waals surface area contributed by atoms with E-state index in [1.807, 2.05) is 36.4 Å². The van der Waals surface area contributed by atoms with Crippen molar-refractivity contribution >= 4 is 67.0 Å². The van der Waals surface area contributed by atoms with Gasteiger partial charge in [-0.2, -0.15) is 0 Å². The molecule has 0 radical (unpaired) electrons. The Morgan fingerprint density at radius 2 is 1.08 bits per heavy atom. The van der Waals surface area contributed by atoms with E-state index >= 15 is 0 Å². The van der Waals surface area contributed by atoms with Crippen LogP contribution in [-0.4, -0.2) is 35.2 Å². The average molecular weight is 807 g/mol. The Bertz CT molecular complexity index is 1460. The molecule has 48 heavy (non-hydrogen) atoms. The van der Waals surface area contributed by atoms with Gasteiger partial charge in [0.1, 0.15) is 23.7 Å². The molecule has 6 aliphatic rings. The predicted octanol–water partition coefficient (Wildman–Crippen LogP) is 7.87. The van der Waals surface area contributed by atoms with Crippen molar-refractivity contribution in [2.24, 2.45) is 11.8 Å². The van der Waals surface area contributed by atoms with Gasteiger partial charge in [-0.25, -0.2) is 4.79 Å². The minimum absolute atomic E-state index is 0. The highest BCUT2D eigenvalue weighted by atomic mass is 79.9. The van der Waals surface area contributed by atoms with Gasteiger partial charge in [-0.15, -0.1) is 0 Å². The number of benzene rings is 2. The van der Waals surface area contributed by atoms with Crippen LogP contribution in [0.2, 0.25) is 0 Å². The highest BCUT2D eigenvalue weighted by Gasteiger charge is 2.55. The van der Waals surface area contributed by atoms with Crippen molar-refractivity contribution in [2.45, 2.75) is 115 Å². The van der Waals surface area contributed by atoms with Crippen molar-refractivity contribution in [3.8, 4) is 11.5 Å². The summed E-state index contributed by atoms with van der Waals surface area (Å²) in [5, 5.41) is 11.7. The summed E-state index contributed by atoms with van der Waals surface area (Å²) >= 11 is 12.2. The van der Waals surface area contributed by atoms with Crippen molar-refractivity contribution in [3.63, 3.8) is 0 Å². The number of thiocarbonyl (C=S) groups is 1. The molecule has 2 aromatic carbocycles. The number of carbonyl (C=O) groups excluding carboxylic acids is 3. The summed E-state index contributed by atoms with van der Waals surface area (Å²) in [6.45, 7) is 0. The van der Waals surface area contributed by atoms with Crippen molar-refractivity contribution in [2.75, 3.05) is 0 Å². The molecular formula is C36H46Br2N4O5S. The number of urea groups is 1.